The van der Waals surface area contributed by atoms with Gasteiger partial charge in [0.15, 0.2) is 12.4 Å². The number of carbonyl (C=O) groups excluding carboxylic acids is 4. The molecular weight excluding hydrogens is 584 g/mol. The van der Waals surface area contributed by atoms with Gasteiger partial charge in [-0.3, -0.25) is 19.3 Å². The number of carbonyl (C=O) groups is 4. The third-order valence-corrected chi connectivity index (χ3v) is 9.31. The molecule has 3 aliphatic rings. The van der Waals surface area contributed by atoms with Gasteiger partial charge in [0, 0.05) is 21.0 Å². The van der Waals surface area contributed by atoms with Crippen molar-refractivity contribution < 1.29 is 23.9 Å². The highest BCUT2D eigenvalue weighted by Gasteiger charge is 2.61. The van der Waals surface area contributed by atoms with E-state index in [9.17, 15) is 19.2 Å². The van der Waals surface area contributed by atoms with E-state index < -0.39 is 5.97 Å². The third kappa shape index (κ3) is 4.37. The first-order valence-corrected chi connectivity index (χ1v) is 14.5. The fraction of sp³-hybridized carbons (Fsp3) is 0.242. The largest absolute Gasteiger partial charge is 0.454 e. The molecule has 7 nitrogen and oxygen atoms in total. The van der Waals surface area contributed by atoms with Crippen LogP contribution in [0.15, 0.2) is 83.3 Å². The van der Waals surface area contributed by atoms with Gasteiger partial charge in [0.25, 0.3) is 0 Å². The van der Waals surface area contributed by atoms with Gasteiger partial charge in [-0.05, 0) is 67.5 Å². The smallest absolute Gasteiger partial charge is 0.339 e. The van der Waals surface area contributed by atoms with Crippen LogP contribution in [0.1, 0.15) is 40.0 Å². The molecule has 41 heavy (non-hydrogen) atoms. The first-order chi connectivity index (χ1) is 19.9. The summed E-state index contributed by atoms with van der Waals surface area (Å²) >= 11 is 3.34. The maximum absolute atomic E-state index is 13.2. The van der Waals surface area contributed by atoms with Crippen LogP contribution < -0.4 is 4.90 Å². The molecule has 1 aliphatic heterocycles. The number of ketones is 1. The molecule has 2 heterocycles. The van der Waals surface area contributed by atoms with Gasteiger partial charge in [0.2, 0.25) is 11.8 Å². The predicted octanol–water partition coefficient (Wildman–Crippen LogP) is 6.24. The van der Waals surface area contributed by atoms with E-state index in [1.54, 1.807) is 48.5 Å². The highest BCUT2D eigenvalue weighted by Crippen LogP contribution is 2.56. The summed E-state index contributed by atoms with van der Waals surface area (Å²) in [6.07, 6.45) is 3.07. The van der Waals surface area contributed by atoms with Crippen LogP contribution >= 0.6 is 15.9 Å². The normalized spacial score (nSPS) is 22.8. The zero-order chi connectivity index (χ0) is 28.2. The number of hydrogen-bond acceptors (Lipinski definition) is 6. The number of pyridine rings is 1. The minimum atomic E-state index is -0.624. The molecule has 2 saturated carbocycles. The number of para-hydroxylation sites is 1. The number of rotatable bonds is 6. The Balaban J connectivity index is 1.14. The lowest BCUT2D eigenvalue weighted by molar-refractivity contribution is -0.123. The zero-order valence-corrected chi connectivity index (χ0v) is 23.5. The van der Waals surface area contributed by atoms with E-state index in [-0.39, 0.29) is 36.0 Å². The quantitative estimate of drug-likeness (QED) is 0.146. The maximum Gasteiger partial charge on any atom is 0.339 e. The number of hydrogen-bond donors (Lipinski definition) is 0. The third-order valence-electron chi connectivity index (χ3n) is 8.79. The van der Waals surface area contributed by atoms with Crippen molar-refractivity contribution in [1.82, 2.24) is 4.98 Å². The van der Waals surface area contributed by atoms with Crippen LogP contribution in [-0.2, 0) is 14.3 Å². The van der Waals surface area contributed by atoms with Gasteiger partial charge >= 0.3 is 5.97 Å². The van der Waals surface area contributed by atoms with Crippen LogP contribution in [0.4, 0.5) is 5.69 Å². The summed E-state index contributed by atoms with van der Waals surface area (Å²) in [7, 11) is 0. The summed E-state index contributed by atoms with van der Waals surface area (Å²) in [6, 6.07) is 22.9. The number of amides is 2. The molecule has 1 aromatic heterocycles. The molecule has 2 amide bonds. The zero-order valence-electron chi connectivity index (χ0n) is 22.0. The summed E-state index contributed by atoms with van der Waals surface area (Å²) in [4.78, 5) is 58.4. The van der Waals surface area contributed by atoms with Gasteiger partial charge in [0.05, 0.1) is 34.3 Å². The Morgan fingerprint density at radius 3 is 2.22 bits per heavy atom. The van der Waals surface area contributed by atoms with E-state index >= 15 is 0 Å². The van der Waals surface area contributed by atoms with Gasteiger partial charge in [-0.1, -0.05) is 58.4 Å². The molecule has 3 fully saturated rings. The lowest BCUT2D eigenvalue weighted by Crippen LogP contribution is -2.32. The van der Waals surface area contributed by atoms with Crippen molar-refractivity contribution in [2.45, 2.75) is 19.3 Å². The summed E-state index contributed by atoms with van der Waals surface area (Å²) in [5.41, 5.74) is 3.17. The first-order valence-electron chi connectivity index (χ1n) is 13.7. The summed E-state index contributed by atoms with van der Waals surface area (Å²) in [5, 5.41) is 0.614. The van der Waals surface area contributed by atoms with E-state index in [1.807, 2.05) is 30.3 Å². The lowest BCUT2D eigenvalue weighted by Gasteiger charge is -2.19. The van der Waals surface area contributed by atoms with Gasteiger partial charge in [0.1, 0.15) is 0 Å². The number of fused-ring (bicyclic) bond motifs is 6. The van der Waals surface area contributed by atoms with Crippen molar-refractivity contribution in [1.29, 1.82) is 0 Å². The van der Waals surface area contributed by atoms with Crippen molar-refractivity contribution in [2.75, 3.05) is 11.5 Å². The number of nitrogens with zero attached hydrogens (tertiary/aromatic N) is 2. The number of halogens is 1. The Labute approximate surface area is 244 Å². The fourth-order valence-corrected chi connectivity index (χ4v) is 7.13. The van der Waals surface area contributed by atoms with Crippen molar-refractivity contribution in [2.24, 2.45) is 23.7 Å². The van der Waals surface area contributed by atoms with Crippen molar-refractivity contribution in [3.05, 3.63) is 94.5 Å². The second kappa shape index (κ2) is 10.0. The summed E-state index contributed by atoms with van der Waals surface area (Å²) in [5.74, 6) is -0.770. The number of benzene rings is 3. The number of anilines is 1. The lowest BCUT2D eigenvalue weighted by atomic mass is 9.81. The Morgan fingerprint density at radius 1 is 0.878 bits per heavy atom. The molecule has 3 aromatic carbocycles. The average Bonchev–Trinajstić information content (AvgIpc) is 3.69. The molecule has 4 atom stereocenters. The van der Waals surface area contributed by atoms with E-state index in [0.717, 1.165) is 29.3 Å². The molecule has 2 bridgehead atoms. The van der Waals surface area contributed by atoms with E-state index in [2.05, 4.69) is 15.9 Å². The van der Waals surface area contributed by atoms with Crippen molar-refractivity contribution in [3.8, 4) is 11.3 Å². The minimum Gasteiger partial charge on any atom is -0.454 e. The second-order valence-electron chi connectivity index (χ2n) is 11.0. The number of ether oxygens (including phenoxy) is 1. The predicted molar refractivity (Wildman–Crippen MR) is 156 cm³/mol. The maximum atomic E-state index is 13.2. The molecule has 0 radical (unpaired) electrons. The van der Waals surface area contributed by atoms with Gasteiger partial charge < -0.3 is 4.74 Å². The van der Waals surface area contributed by atoms with Gasteiger partial charge in [-0.15, -0.1) is 0 Å². The summed E-state index contributed by atoms with van der Waals surface area (Å²) < 4.78 is 6.28. The molecular formula is C33H25BrN2O5. The molecule has 0 unspecified atom stereocenters. The van der Waals surface area contributed by atoms with E-state index in [0.29, 0.717) is 45.2 Å². The van der Waals surface area contributed by atoms with Crippen LogP contribution in [0.25, 0.3) is 22.2 Å². The Hall–Kier alpha value is -4.17. The molecule has 0 spiro atoms. The average molecular weight is 609 g/mol. The van der Waals surface area contributed by atoms with Gasteiger partial charge in [-0.25, -0.2) is 9.78 Å². The van der Waals surface area contributed by atoms with Gasteiger partial charge in [-0.2, -0.15) is 0 Å². The monoisotopic (exact) mass is 608 g/mol. The highest BCUT2D eigenvalue weighted by atomic mass is 79.9. The molecule has 4 aromatic rings. The Kier molecular flexibility index (Phi) is 6.31. The molecule has 0 N–H and O–H groups in total. The van der Waals surface area contributed by atoms with Crippen LogP contribution in [0.2, 0.25) is 0 Å². The second-order valence-corrected chi connectivity index (χ2v) is 11.9. The number of aromatic nitrogens is 1. The molecule has 204 valence electrons. The molecule has 2 aliphatic carbocycles. The minimum absolute atomic E-state index is 0.0773. The van der Waals surface area contributed by atoms with Crippen LogP contribution in [0.5, 0.6) is 0 Å². The summed E-state index contributed by atoms with van der Waals surface area (Å²) in [6.45, 7) is -0.386. The first kappa shape index (κ1) is 25.8. The van der Waals surface area contributed by atoms with E-state index in [4.69, 9.17) is 9.72 Å². The highest BCUT2D eigenvalue weighted by molar-refractivity contribution is 9.10. The van der Waals surface area contributed by atoms with Crippen LogP contribution in [0, 0.1) is 23.7 Å². The molecule has 7 rings (SSSR count). The van der Waals surface area contributed by atoms with Crippen molar-refractivity contribution in [3.63, 3.8) is 0 Å². The molecule has 8 heteroatoms. The van der Waals surface area contributed by atoms with Crippen LogP contribution in [-0.4, -0.2) is 35.2 Å². The topological polar surface area (TPSA) is 93.6 Å². The Morgan fingerprint density at radius 2 is 1.54 bits per heavy atom. The number of esters is 1. The molecule has 1 saturated heterocycles. The van der Waals surface area contributed by atoms with E-state index in [1.165, 1.54) is 4.90 Å². The van der Waals surface area contributed by atoms with Crippen molar-refractivity contribution >= 4 is 56.1 Å². The number of imide groups is 1. The fourth-order valence-electron chi connectivity index (χ4n) is 6.86. The SMILES string of the molecule is O=C(COC(=O)c1cc(-c2ccc(N3C(=O)[C@@H]4[C@@H]5CC[C@@H](C5)[C@@H]4C3=O)cc2)nc2ccccc12)c1ccc(Br)cc1. The number of Topliss-reactive ketones (excluding diaryl/α,β-unsaturated/α-hetero) is 1. The standard InChI is InChI=1S/C33H25BrN2O5/c34-22-11-7-19(8-12-22)28(37)17-41-33(40)25-16-27(35-26-4-2-1-3-24(25)26)18-9-13-23(14-10-18)36-31(38)29-20-5-6-21(15-20)30(29)32(36)39/h1-4,7-14,16,20-21,29-30H,5-6,15,17H2/t20-,21+,29-,30+. The van der Waals surface area contributed by atoms with Crippen LogP contribution in [0.3, 0.4) is 0 Å². The Bertz CT molecular complexity index is 1710.